The Hall–Kier alpha value is -2.23. The molecule has 2 heterocycles. The van der Waals surface area contributed by atoms with E-state index in [1.807, 2.05) is 4.98 Å². The summed E-state index contributed by atoms with van der Waals surface area (Å²) in [6.07, 6.45) is 1.24. The summed E-state index contributed by atoms with van der Waals surface area (Å²) in [5.74, 6) is 0. The van der Waals surface area contributed by atoms with Gasteiger partial charge in [0.1, 0.15) is 6.61 Å². The predicted molar refractivity (Wildman–Crippen MR) is 93.3 cm³/mol. The molecule has 2 rings (SSSR count). The monoisotopic (exact) mass is 439 g/mol. The highest BCUT2D eigenvalue weighted by Gasteiger charge is 2.49. The molecule has 156 valence electrons. The highest BCUT2D eigenvalue weighted by Crippen LogP contribution is 2.37. The average Bonchev–Trinajstić information content (AvgIpc) is 2.89. The number of hydrogen-bond donors (Lipinski definition) is 1. The van der Waals surface area contributed by atoms with Gasteiger partial charge in [-0.2, -0.15) is 16.8 Å². The van der Waals surface area contributed by atoms with Gasteiger partial charge in [0, 0.05) is 23.6 Å². The topological polar surface area (TPSA) is 200 Å². The van der Waals surface area contributed by atoms with Gasteiger partial charge in [-0.3, -0.25) is 22.7 Å². The van der Waals surface area contributed by atoms with E-state index in [1.165, 1.54) is 0 Å². The first kappa shape index (κ1) is 22.1. The Balaban J connectivity index is 2.49. The van der Waals surface area contributed by atoms with Gasteiger partial charge >= 0.3 is 5.69 Å². The summed E-state index contributed by atoms with van der Waals surface area (Å²) in [6.45, 7) is -1.26. The fourth-order valence-electron chi connectivity index (χ4n) is 2.64. The molecule has 0 saturated carbocycles. The van der Waals surface area contributed by atoms with Crippen LogP contribution in [-0.2, 0) is 39.1 Å². The molecule has 14 nitrogen and oxygen atoms in total. The number of aromatic amines is 1. The van der Waals surface area contributed by atoms with Gasteiger partial charge < -0.3 is 4.74 Å². The number of rotatable bonds is 8. The average molecular weight is 439 g/mol. The minimum atomic E-state index is -3.96. The van der Waals surface area contributed by atoms with Crippen molar-refractivity contribution in [2.24, 2.45) is 5.11 Å². The molecule has 0 aliphatic carbocycles. The molecule has 1 saturated heterocycles. The van der Waals surface area contributed by atoms with Gasteiger partial charge in [-0.15, -0.1) is 0 Å². The summed E-state index contributed by atoms with van der Waals surface area (Å²) in [7, 11) is -7.82. The van der Waals surface area contributed by atoms with Crippen molar-refractivity contribution < 1.29 is 29.9 Å². The molecule has 1 aliphatic heterocycles. The summed E-state index contributed by atoms with van der Waals surface area (Å²) in [6, 6.07) is -0.0238. The lowest BCUT2D eigenvalue weighted by Gasteiger charge is -2.30. The van der Waals surface area contributed by atoms with Crippen LogP contribution in [0.15, 0.2) is 27.0 Å². The van der Waals surface area contributed by atoms with Crippen LogP contribution in [0.2, 0.25) is 0 Å². The molecule has 1 aromatic rings. The lowest BCUT2D eigenvalue weighted by atomic mass is 10.1. The molecule has 1 aromatic heterocycles. The minimum absolute atomic E-state index is 0.254. The van der Waals surface area contributed by atoms with Crippen molar-refractivity contribution in [2.45, 2.75) is 24.3 Å². The molecule has 28 heavy (non-hydrogen) atoms. The van der Waals surface area contributed by atoms with Gasteiger partial charge in [0.2, 0.25) is 0 Å². The zero-order chi connectivity index (χ0) is 21.2. The Morgan fingerprint density at radius 1 is 1.32 bits per heavy atom. The van der Waals surface area contributed by atoms with Crippen LogP contribution in [0.5, 0.6) is 0 Å². The van der Waals surface area contributed by atoms with E-state index in [2.05, 4.69) is 14.2 Å². The van der Waals surface area contributed by atoms with Crippen LogP contribution in [0, 0.1) is 0 Å². The Morgan fingerprint density at radius 3 is 2.50 bits per heavy atom. The van der Waals surface area contributed by atoms with Crippen molar-refractivity contribution in [3.8, 4) is 0 Å². The van der Waals surface area contributed by atoms with E-state index in [0.717, 1.165) is 29.3 Å². The largest absolute Gasteiger partial charge is 0.346 e. The third-order valence-corrected chi connectivity index (χ3v) is 4.85. The second kappa shape index (κ2) is 8.02. The van der Waals surface area contributed by atoms with Crippen molar-refractivity contribution >= 4 is 20.2 Å². The van der Waals surface area contributed by atoms with Gasteiger partial charge in [-0.1, -0.05) is 5.11 Å². The maximum Gasteiger partial charge on any atom is 0.330 e. The third kappa shape index (κ3) is 5.63. The van der Waals surface area contributed by atoms with E-state index < -0.39 is 62.6 Å². The fourth-order valence-corrected chi connectivity index (χ4v) is 3.42. The smallest absolute Gasteiger partial charge is 0.330 e. The van der Waals surface area contributed by atoms with E-state index in [1.54, 1.807) is 0 Å². The van der Waals surface area contributed by atoms with Crippen molar-refractivity contribution in [1.29, 1.82) is 0 Å². The summed E-state index contributed by atoms with van der Waals surface area (Å²) in [4.78, 5) is 28.2. The van der Waals surface area contributed by atoms with Crippen LogP contribution in [0.4, 0.5) is 0 Å². The maximum atomic E-state index is 12.2. The normalized spacial score (nSPS) is 25.4. The SMILES string of the molecule is CS(=O)(=O)OC[C@H]1O[C@@](COS(C)(=O)=O)(n2ccc(=O)[nH]c2=O)C[C@@H]1N=[N+]=[N-]. The summed E-state index contributed by atoms with van der Waals surface area (Å²) < 4.78 is 61.4. The number of nitrogens with zero attached hydrogens (tertiary/aromatic N) is 4. The van der Waals surface area contributed by atoms with Gasteiger partial charge in [0.25, 0.3) is 25.8 Å². The lowest BCUT2D eigenvalue weighted by Crippen LogP contribution is -2.47. The predicted octanol–water partition coefficient (Wildman–Crippen LogP) is -1.39. The Morgan fingerprint density at radius 2 is 1.96 bits per heavy atom. The minimum Gasteiger partial charge on any atom is -0.346 e. The molecule has 0 aromatic carbocycles. The van der Waals surface area contributed by atoms with Crippen LogP contribution < -0.4 is 11.2 Å². The number of ether oxygens (including phenoxy) is 1. The highest BCUT2D eigenvalue weighted by molar-refractivity contribution is 7.86. The van der Waals surface area contributed by atoms with Gasteiger partial charge in [-0.05, 0) is 5.53 Å². The van der Waals surface area contributed by atoms with Crippen LogP contribution >= 0.6 is 0 Å². The molecular formula is C12H17N5O9S2. The van der Waals surface area contributed by atoms with E-state index in [0.29, 0.717) is 0 Å². The summed E-state index contributed by atoms with van der Waals surface area (Å²) in [5, 5.41) is 3.51. The summed E-state index contributed by atoms with van der Waals surface area (Å²) >= 11 is 0. The highest BCUT2D eigenvalue weighted by atomic mass is 32.2. The number of aromatic nitrogens is 2. The quantitative estimate of drug-likeness (QED) is 0.219. The number of H-pyrrole nitrogens is 1. The van der Waals surface area contributed by atoms with Crippen LogP contribution in [0.25, 0.3) is 10.4 Å². The molecule has 0 radical (unpaired) electrons. The van der Waals surface area contributed by atoms with Gasteiger partial charge in [-0.25, -0.2) is 4.79 Å². The van der Waals surface area contributed by atoms with Gasteiger partial charge in [0.15, 0.2) is 5.72 Å². The summed E-state index contributed by atoms with van der Waals surface area (Å²) in [5.41, 5.74) is 5.31. The molecule has 0 spiro atoms. The van der Waals surface area contributed by atoms with Crippen molar-refractivity contribution in [3.63, 3.8) is 0 Å². The van der Waals surface area contributed by atoms with Gasteiger partial charge in [0.05, 0.1) is 31.3 Å². The van der Waals surface area contributed by atoms with E-state index in [-0.39, 0.29) is 6.42 Å². The van der Waals surface area contributed by atoms with E-state index >= 15 is 0 Å². The molecular weight excluding hydrogens is 422 g/mol. The van der Waals surface area contributed by atoms with Crippen molar-refractivity contribution in [2.75, 3.05) is 25.7 Å². The Labute approximate surface area is 158 Å². The molecule has 0 bridgehead atoms. The van der Waals surface area contributed by atoms with Crippen molar-refractivity contribution in [1.82, 2.24) is 9.55 Å². The number of nitrogens with one attached hydrogen (secondary N) is 1. The first-order chi connectivity index (χ1) is 12.9. The zero-order valence-electron chi connectivity index (χ0n) is 14.7. The molecule has 1 fully saturated rings. The number of azide groups is 1. The Bertz CT molecular complexity index is 1100. The molecule has 1 N–H and O–H groups in total. The second-order valence-electron chi connectivity index (χ2n) is 6.01. The third-order valence-electron chi connectivity index (χ3n) is 3.74. The molecule has 0 unspecified atom stereocenters. The second-order valence-corrected chi connectivity index (χ2v) is 9.30. The number of hydrogen-bond acceptors (Lipinski definition) is 10. The van der Waals surface area contributed by atoms with Crippen LogP contribution in [0.3, 0.4) is 0 Å². The standard InChI is InChI=1S/C12H17N5O9S2/c1-27(20,21)24-6-9-8(15-16-13)5-12(26-9,7-25-28(2,22)23)17-4-3-10(18)14-11(17)19/h3-4,8-9H,5-7H2,1-2H3,(H,14,18,19)/t8-,9+,12-/m0/s1. The molecule has 3 atom stereocenters. The molecule has 16 heteroatoms. The fraction of sp³-hybridized carbons (Fsp3) is 0.667. The zero-order valence-corrected chi connectivity index (χ0v) is 16.3. The maximum absolute atomic E-state index is 12.2. The lowest BCUT2D eigenvalue weighted by molar-refractivity contribution is -0.131. The van der Waals surface area contributed by atoms with Crippen LogP contribution in [0.1, 0.15) is 6.42 Å². The first-order valence-corrected chi connectivity index (χ1v) is 11.2. The van der Waals surface area contributed by atoms with E-state index in [9.17, 15) is 26.4 Å². The van der Waals surface area contributed by atoms with Crippen LogP contribution in [-0.4, -0.2) is 64.3 Å². The first-order valence-electron chi connectivity index (χ1n) is 7.58. The molecule has 1 aliphatic rings. The van der Waals surface area contributed by atoms with Crippen molar-refractivity contribution in [3.05, 3.63) is 43.5 Å². The Kier molecular flexibility index (Phi) is 6.32. The molecule has 0 amide bonds. The van der Waals surface area contributed by atoms with E-state index in [4.69, 9.17) is 14.5 Å².